The van der Waals surface area contributed by atoms with Crippen LogP contribution in [0, 0.1) is 6.92 Å². The van der Waals surface area contributed by atoms with E-state index in [0.29, 0.717) is 17.9 Å². The molecular formula is C25H34N4O7S. The van der Waals surface area contributed by atoms with E-state index in [2.05, 4.69) is 25.7 Å². The summed E-state index contributed by atoms with van der Waals surface area (Å²) in [6.07, 6.45) is 1.73. The average molecular weight is 535 g/mol. The van der Waals surface area contributed by atoms with Crippen LogP contribution >= 0.6 is 11.3 Å². The van der Waals surface area contributed by atoms with Gasteiger partial charge in [0.25, 0.3) is 5.91 Å². The number of hydrogen-bond acceptors (Lipinski definition) is 9. The van der Waals surface area contributed by atoms with Crippen LogP contribution in [0.4, 0.5) is 0 Å². The number of thiazole rings is 1. The van der Waals surface area contributed by atoms with Crippen LogP contribution in [0.3, 0.4) is 0 Å². The lowest BCUT2D eigenvalue weighted by Gasteiger charge is -2.21. The van der Waals surface area contributed by atoms with Gasteiger partial charge in [-0.3, -0.25) is 19.2 Å². The largest absolute Gasteiger partial charge is 0.388 e. The fraction of sp³-hybridized carbons (Fsp3) is 0.480. The molecule has 1 fully saturated rings. The Bertz CT molecular complexity index is 1060. The van der Waals surface area contributed by atoms with Crippen LogP contribution in [0.25, 0.3) is 0 Å². The van der Waals surface area contributed by atoms with Gasteiger partial charge in [-0.1, -0.05) is 30.3 Å². The van der Waals surface area contributed by atoms with E-state index in [-0.39, 0.29) is 18.9 Å². The highest BCUT2D eigenvalue weighted by molar-refractivity contribution is 7.13. The van der Waals surface area contributed by atoms with Gasteiger partial charge in [0, 0.05) is 21.3 Å². The molecule has 0 bridgehead atoms. The quantitative estimate of drug-likeness (QED) is 0.337. The van der Waals surface area contributed by atoms with E-state index >= 15 is 0 Å². The summed E-state index contributed by atoms with van der Waals surface area (Å²) in [4.78, 5) is 54.8. The number of carbonyl (C=O) groups is 4. The van der Waals surface area contributed by atoms with Crippen LogP contribution in [0.15, 0.2) is 36.5 Å². The Morgan fingerprint density at radius 1 is 1.11 bits per heavy atom. The number of amides is 3. The van der Waals surface area contributed by atoms with Gasteiger partial charge < -0.3 is 30.2 Å². The topological polar surface area (TPSA) is 148 Å². The molecule has 1 aliphatic rings. The molecule has 2 heterocycles. The van der Waals surface area contributed by atoms with Gasteiger partial charge in [0.1, 0.15) is 16.5 Å². The Hall–Kier alpha value is -3.19. The molecule has 3 unspecified atom stereocenters. The van der Waals surface area contributed by atoms with Gasteiger partial charge in [-0.25, -0.2) is 4.98 Å². The van der Waals surface area contributed by atoms with Crippen LogP contribution in [0.2, 0.25) is 0 Å². The van der Waals surface area contributed by atoms with Gasteiger partial charge in [0.2, 0.25) is 11.8 Å². The Balaban J connectivity index is 0.00000153. The lowest BCUT2D eigenvalue weighted by Crippen LogP contribution is -2.53. The number of hydrogen-bond donors (Lipinski definition) is 3. The van der Waals surface area contributed by atoms with Crippen molar-refractivity contribution in [3.8, 4) is 0 Å². The second-order valence-corrected chi connectivity index (χ2v) is 9.78. The number of methoxy groups -OCH3 is 2. The molecule has 1 aliphatic heterocycles. The van der Waals surface area contributed by atoms with Gasteiger partial charge in [-0.15, -0.1) is 11.3 Å². The summed E-state index contributed by atoms with van der Waals surface area (Å²) in [7, 11) is 4.65. The Morgan fingerprint density at radius 2 is 1.76 bits per heavy atom. The number of benzene rings is 1. The molecule has 11 nitrogen and oxygen atoms in total. The number of ketones is 1. The highest BCUT2D eigenvalue weighted by Gasteiger charge is 2.50. The zero-order valence-electron chi connectivity index (χ0n) is 21.7. The minimum Gasteiger partial charge on any atom is -0.388 e. The van der Waals surface area contributed by atoms with Crippen molar-refractivity contribution in [3.05, 3.63) is 52.0 Å². The maximum atomic E-state index is 12.9. The van der Waals surface area contributed by atoms with Crippen molar-refractivity contribution in [2.75, 3.05) is 41.1 Å². The normalized spacial score (nSPS) is 17.4. The van der Waals surface area contributed by atoms with Gasteiger partial charge in [-0.2, -0.15) is 0 Å². The van der Waals surface area contributed by atoms with E-state index in [1.807, 2.05) is 30.3 Å². The molecule has 2 aromatic rings. The summed E-state index contributed by atoms with van der Waals surface area (Å²) < 4.78 is 14.5. The van der Waals surface area contributed by atoms with E-state index in [1.54, 1.807) is 28.1 Å². The SMILES string of the molecule is COC.COCC(NC(=O)c1cnc(C)s1)C(=O)NCC(=O)NC(Cc1ccccc1)C(=O)C1(C)CO1. The van der Waals surface area contributed by atoms with Gasteiger partial charge in [-0.05, 0) is 25.8 Å². The Labute approximate surface area is 220 Å². The molecule has 0 spiro atoms. The highest BCUT2D eigenvalue weighted by atomic mass is 32.1. The standard InChI is InChI=1S/C23H28N4O6S.C2H6O/c1-14-24-10-18(34-14)22(31)27-17(12-32-3)21(30)25-11-19(28)26-16(20(29)23(2)13-33-23)9-15-7-5-4-6-8-15;1-3-2/h4-8,10,16-17H,9,11-13H2,1-3H3,(H,25,30)(H,26,28)(H,27,31);1-2H3. The van der Waals surface area contributed by atoms with E-state index in [1.165, 1.54) is 24.6 Å². The van der Waals surface area contributed by atoms with Crippen LogP contribution in [-0.4, -0.2) is 87.3 Å². The maximum absolute atomic E-state index is 12.9. The number of ether oxygens (including phenoxy) is 3. The predicted molar refractivity (Wildman–Crippen MR) is 137 cm³/mol. The van der Waals surface area contributed by atoms with Gasteiger partial charge in [0.15, 0.2) is 5.78 Å². The third kappa shape index (κ3) is 9.65. The summed E-state index contributed by atoms with van der Waals surface area (Å²) in [5, 5.41) is 8.50. The molecule has 3 N–H and O–H groups in total. The third-order valence-corrected chi connectivity index (χ3v) is 6.17. The van der Waals surface area contributed by atoms with Crippen molar-refractivity contribution in [3.63, 3.8) is 0 Å². The summed E-state index contributed by atoms with van der Waals surface area (Å²) in [5.74, 6) is -1.80. The lowest BCUT2D eigenvalue weighted by atomic mass is 9.95. The number of nitrogens with zero attached hydrogens (tertiary/aromatic N) is 1. The van der Waals surface area contributed by atoms with Crippen LogP contribution in [0.5, 0.6) is 0 Å². The number of carbonyl (C=O) groups excluding carboxylic acids is 4. The number of rotatable bonds is 12. The van der Waals surface area contributed by atoms with Crippen molar-refractivity contribution in [1.82, 2.24) is 20.9 Å². The number of Topliss-reactive ketones (excluding diaryl/α,β-unsaturated/α-hetero) is 1. The van der Waals surface area contributed by atoms with E-state index in [4.69, 9.17) is 9.47 Å². The van der Waals surface area contributed by atoms with E-state index < -0.39 is 35.4 Å². The fourth-order valence-electron chi connectivity index (χ4n) is 3.26. The lowest BCUT2D eigenvalue weighted by molar-refractivity contribution is -0.131. The first-order valence-corrected chi connectivity index (χ1v) is 12.4. The van der Waals surface area contributed by atoms with E-state index in [0.717, 1.165) is 10.6 Å². The highest BCUT2D eigenvalue weighted by Crippen LogP contribution is 2.29. The summed E-state index contributed by atoms with van der Waals surface area (Å²) in [6, 6.07) is 7.50. The zero-order valence-corrected chi connectivity index (χ0v) is 22.5. The molecule has 1 saturated heterocycles. The van der Waals surface area contributed by atoms with Crippen LogP contribution in [-0.2, 0) is 35.0 Å². The minimum atomic E-state index is -1.01. The molecule has 0 saturated carbocycles. The fourth-order valence-corrected chi connectivity index (χ4v) is 3.94. The van der Waals surface area contributed by atoms with Crippen molar-refractivity contribution < 1.29 is 33.4 Å². The molecule has 1 aromatic heterocycles. The number of epoxide rings is 1. The van der Waals surface area contributed by atoms with Crippen molar-refractivity contribution in [2.45, 2.75) is 38.0 Å². The molecule has 0 radical (unpaired) electrons. The molecule has 0 aliphatic carbocycles. The molecule has 37 heavy (non-hydrogen) atoms. The average Bonchev–Trinajstić information content (AvgIpc) is 3.48. The zero-order chi connectivity index (χ0) is 27.4. The third-order valence-electron chi connectivity index (χ3n) is 5.26. The minimum absolute atomic E-state index is 0.0816. The predicted octanol–water partition coefficient (Wildman–Crippen LogP) is 0.661. The van der Waals surface area contributed by atoms with Crippen LogP contribution < -0.4 is 16.0 Å². The second kappa shape index (κ2) is 14.5. The van der Waals surface area contributed by atoms with E-state index in [9.17, 15) is 19.2 Å². The maximum Gasteiger partial charge on any atom is 0.263 e. The smallest absolute Gasteiger partial charge is 0.263 e. The van der Waals surface area contributed by atoms with Crippen molar-refractivity contribution in [2.24, 2.45) is 0 Å². The molecule has 3 atom stereocenters. The Kier molecular flexibility index (Phi) is 11.8. The molecule has 12 heteroatoms. The molecule has 3 amide bonds. The number of aromatic nitrogens is 1. The monoisotopic (exact) mass is 534 g/mol. The summed E-state index contributed by atoms with van der Waals surface area (Å²) in [6.45, 7) is 3.31. The first kappa shape index (κ1) is 30.0. The summed E-state index contributed by atoms with van der Waals surface area (Å²) in [5.41, 5.74) is -0.0191. The second-order valence-electron chi connectivity index (χ2n) is 8.54. The van der Waals surface area contributed by atoms with Crippen molar-refractivity contribution >= 4 is 34.8 Å². The Morgan fingerprint density at radius 3 is 2.30 bits per heavy atom. The number of nitrogens with one attached hydrogen (secondary N) is 3. The van der Waals surface area contributed by atoms with Gasteiger partial charge >= 0.3 is 0 Å². The molecule has 202 valence electrons. The van der Waals surface area contributed by atoms with Crippen LogP contribution in [0.1, 0.15) is 27.2 Å². The van der Waals surface area contributed by atoms with Gasteiger partial charge in [0.05, 0.1) is 37.0 Å². The first-order valence-electron chi connectivity index (χ1n) is 11.5. The van der Waals surface area contributed by atoms with Crippen molar-refractivity contribution in [1.29, 1.82) is 0 Å². The molecular weight excluding hydrogens is 500 g/mol. The first-order chi connectivity index (χ1) is 17.6. The molecule has 3 rings (SSSR count). The number of aryl methyl sites for hydroxylation is 1. The summed E-state index contributed by atoms with van der Waals surface area (Å²) >= 11 is 1.20. The molecule has 1 aromatic carbocycles.